The van der Waals surface area contributed by atoms with Gasteiger partial charge in [-0.3, -0.25) is 14.9 Å². The van der Waals surface area contributed by atoms with Crippen LogP contribution in [-0.4, -0.2) is 21.7 Å². The number of hydrogen-bond donors (Lipinski definition) is 1. The quantitative estimate of drug-likeness (QED) is 0.525. The van der Waals surface area contributed by atoms with E-state index in [9.17, 15) is 14.9 Å². The number of hydrogen-bond acceptors (Lipinski definition) is 3. The maximum Gasteiger partial charge on any atom is 0.270 e. The van der Waals surface area contributed by atoms with Crippen molar-refractivity contribution in [1.82, 2.24) is 5.32 Å². The van der Waals surface area contributed by atoms with E-state index in [4.69, 9.17) is 0 Å². The Bertz CT molecular complexity index is 521. The number of alkyl halides is 1. The van der Waals surface area contributed by atoms with Crippen LogP contribution >= 0.6 is 15.9 Å². The third-order valence-corrected chi connectivity index (χ3v) is 4.55. The summed E-state index contributed by atoms with van der Waals surface area (Å²) in [7, 11) is 0. The molecule has 0 radical (unpaired) electrons. The highest BCUT2D eigenvalue weighted by Gasteiger charge is 2.37. The zero-order valence-corrected chi connectivity index (χ0v) is 12.2. The van der Waals surface area contributed by atoms with Crippen LogP contribution < -0.4 is 5.32 Å². The zero-order chi connectivity index (χ0) is 14.0. The van der Waals surface area contributed by atoms with Crippen molar-refractivity contribution in [3.05, 3.63) is 39.4 Å². The number of halogens is 1. The van der Waals surface area contributed by atoms with Gasteiger partial charge in [-0.1, -0.05) is 15.9 Å². The second kappa shape index (κ2) is 5.28. The zero-order valence-electron chi connectivity index (χ0n) is 10.6. The summed E-state index contributed by atoms with van der Waals surface area (Å²) >= 11 is 3.41. The van der Waals surface area contributed by atoms with Gasteiger partial charge in [0.2, 0.25) is 0 Å². The van der Waals surface area contributed by atoms with E-state index in [2.05, 4.69) is 21.2 Å². The van der Waals surface area contributed by atoms with Crippen LogP contribution in [0.1, 0.15) is 35.2 Å². The lowest BCUT2D eigenvalue weighted by atomic mass is 9.78. The van der Waals surface area contributed by atoms with Crippen LogP contribution in [0.3, 0.4) is 0 Å². The maximum absolute atomic E-state index is 12.2. The van der Waals surface area contributed by atoms with Gasteiger partial charge in [-0.25, -0.2) is 0 Å². The second-order valence-electron chi connectivity index (χ2n) is 5.04. The topological polar surface area (TPSA) is 72.2 Å². The molecule has 0 bridgehead atoms. The first kappa shape index (κ1) is 14.0. The number of aryl methyl sites for hydroxylation is 1. The fourth-order valence-corrected chi connectivity index (χ4v) is 2.91. The van der Waals surface area contributed by atoms with E-state index >= 15 is 0 Å². The Morgan fingerprint density at radius 1 is 1.47 bits per heavy atom. The Morgan fingerprint density at radius 2 is 2.16 bits per heavy atom. The molecule has 0 aromatic heterocycles. The molecule has 0 atom stereocenters. The van der Waals surface area contributed by atoms with E-state index in [0.717, 1.165) is 19.3 Å². The molecule has 102 valence electrons. The summed E-state index contributed by atoms with van der Waals surface area (Å²) in [6, 6.07) is 4.45. The number of non-ortho nitro benzene ring substituents is 1. The number of nitro groups is 1. The molecule has 2 rings (SSSR count). The largest absolute Gasteiger partial charge is 0.346 e. The van der Waals surface area contributed by atoms with Crippen molar-refractivity contribution < 1.29 is 9.72 Å². The Morgan fingerprint density at radius 3 is 2.63 bits per heavy atom. The first-order valence-corrected chi connectivity index (χ1v) is 7.22. The van der Waals surface area contributed by atoms with Crippen molar-refractivity contribution in [1.29, 1.82) is 0 Å². The molecule has 1 fully saturated rings. The van der Waals surface area contributed by atoms with Crippen LogP contribution in [0, 0.1) is 17.0 Å². The van der Waals surface area contributed by atoms with Crippen LogP contribution in [0.25, 0.3) is 0 Å². The molecular formula is C13H15BrN2O3. The smallest absolute Gasteiger partial charge is 0.270 e. The van der Waals surface area contributed by atoms with E-state index < -0.39 is 4.92 Å². The number of carbonyl (C=O) groups is 1. The molecule has 0 unspecified atom stereocenters. The lowest BCUT2D eigenvalue weighted by molar-refractivity contribution is -0.384. The van der Waals surface area contributed by atoms with Crippen molar-refractivity contribution >= 4 is 27.5 Å². The van der Waals surface area contributed by atoms with E-state index in [0.29, 0.717) is 16.5 Å². The van der Waals surface area contributed by atoms with Crippen molar-refractivity contribution in [2.24, 2.45) is 0 Å². The van der Waals surface area contributed by atoms with Gasteiger partial charge in [0.15, 0.2) is 0 Å². The monoisotopic (exact) mass is 326 g/mol. The third-order valence-electron chi connectivity index (χ3n) is 3.48. The first-order chi connectivity index (χ1) is 8.96. The summed E-state index contributed by atoms with van der Waals surface area (Å²) in [5.41, 5.74) is 0.821. The molecule has 19 heavy (non-hydrogen) atoms. The van der Waals surface area contributed by atoms with Crippen LogP contribution in [0.5, 0.6) is 0 Å². The predicted molar refractivity (Wildman–Crippen MR) is 75.7 cm³/mol. The molecular weight excluding hydrogens is 312 g/mol. The minimum absolute atomic E-state index is 0.0494. The molecule has 1 saturated carbocycles. The minimum atomic E-state index is -0.479. The van der Waals surface area contributed by atoms with Gasteiger partial charge in [0.25, 0.3) is 11.6 Å². The lowest BCUT2D eigenvalue weighted by Gasteiger charge is -2.41. The normalized spacial score (nSPS) is 16.5. The van der Waals surface area contributed by atoms with Gasteiger partial charge in [-0.05, 0) is 37.8 Å². The number of amides is 1. The summed E-state index contributed by atoms with van der Waals surface area (Å²) in [5.74, 6) is -0.244. The number of carbonyl (C=O) groups excluding carboxylic acids is 1. The molecule has 1 aliphatic rings. The average Bonchev–Trinajstić information content (AvgIpc) is 2.32. The average molecular weight is 327 g/mol. The standard InChI is InChI=1S/C13H15BrN2O3/c1-9-5-10(7-11(6-9)16(18)19)12(17)15-13(8-14)3-2-4-13/h5-7H,2-4,8H2,1H3,(H,15,17). The maximum atomic E-state index is 12.2. The summed E-state index contributed by atoms with van der Waals surface area (Å²) in [6.45, 7) is 1.74. The summed E-state index contributed by atoms with van der Waals surface area (Å²) < 4.78 is 0. The second-order valence-corrected chi connectivity index (χ2v) is 5.60. The Kier molecular flexibility index (Phi) is 3.89. The summed E-state index contributed by atoms with van der Waals surface area (Å²) in [4.78, 5) is 22.5. The third kappa shape index (κ3) is 2.94. The lowest BCUT2D eigenvalue weighted by Crippen LogP contribution is -2.54. The Labute approximate surface area is 119 Å². The molecule has 1 N–H and O–H groups in total. The molecule has 6 heteroatoms. The van der Waals surface area contributed by atoms with Crippen molar-refractivity contribution in [3.63, 3.8) is 0 Å². The molecule has 0 aliphatic heterocycles. The van der Waals surface area contributed by atoms with Crippen molar-refractivity contribution in [3.8, 4) is 0 Å². The number of nitrogens with one attached hydrogen (secondary N) is 1. The van der Waals surface area contributed by atoms with Crippen LogP contribution in [0.4, 0.5) is 5.69 Å². The van der Waals surface area contributed by atoms with Crippen molar-refractivity contribution in [2.45, 2.75) is 31.7 Å². The SMILES string of the molecule is Cc1cc(C(=O)NC2(CBr)CCC2)cc([N+](=O)[O-])c1. The van der Waals surface area contributed by atoms with Gasteiger partial charge >= 0.3 is 0 Å². The van der Waals surface area contributed by atoms with Gasteiger partial charge in [-0.2, -0.15) is 0 Å². The van der Waals surface area contributed by atoms with Crippen LogP contribution in [0.2, 0.25) is 0 Å². The highest BCUT2D eigenvalue weighted by atomic mass is 79.9. The molecule has 0 spiro atoms. The van der Waals surface area contributed by atoms with E-state index in [1.54, 1.807) is 13.0 Å². The summed E-state index contributed by atoms with van der Waals surface area (Å²) in [5, 5.41) is 14.5. The van der Waals surface area contributed by atoms with Gasteiger partial charge in [0.1, 0.15) is 0 Å². The van der Waals surface area contributed by atoms with Crippen LogP contribution in [-0.2, 0) is 0 Å². The molecule has 1 aromatic carbocycles. The Balaban J connectivity index is 2.21. The van der Waals surface area contributed by atoms with E-state index in [1.807, 2.05) is 0 Å². The number of benzene rings is 1. The van der Waals surface area contributed by atoms with Gasteiger partial charge in [-0.15, -0.1) is 0 Å². The first-order valence-electron chi connectivity index (χ1n) is 6.10. The highest BCUT2D eigenvalue weighted by molar-refractivity contribution is 9.09. The molecule has 1 amide bonds. The molecule has 0 heterocycles. The Hall–Kier alpha value is -1.43. The van der Waals surface area contributed by atoms with E-state index in [-0.39, 0.29) is 17.1 Å². The number of rotatable bonds is 4. The fraction of sp³-hybridized carbons (Fsp3) is 0.462. The molecule has 5 nitrogen and oxygen atoms in total. The number of nitrogens with zero attached hydrogens (tertiary/aromatic N) is 1. The van der Waals surface area contributed by atoms with Gasteiger partial charge in [0, 0.05) is 23.0 Å². The number of nitro benzene ring substituents is 1. The summed E-state index contributed by atoms with van der Waals surface area (Å²) in [6.07, 6.45) is 2.98. The van der Waals surface area contributed by atoms with E-state index in [1.165, 1.54) is 12.1 Å². The van der Waals surface area contributed by atoms with Crippen LogP contribution in [0.15, 0.2) is 18.2 Å². The van der Waals surface area contributed by atoms with Gasteiger partial charge in [0.05, 0.1) is 10.5 Å². The highest BCUT2D eigenvalue weighted by Crippen LogP contribution is 2.33. The molecule has 1 aromatic rings. The van der Waals surface area contributed by atoms with Gasteiger partial charge < -0.3 is 5.32 Å². The minimum Gasteiger partial charge on any atom is -0.346 e. The molecule has 0 saturated heterocycles. The van der Waals surface area contributed by atoms with Crippen molar-refractivity contribution in [2.75, 3.05) is 5.33 Å². The molecule has 1 aliphatic carbocycles. The predicted octanol–water partition coefficient (Wildman–Crippen LogP) is 2.95. The fourth-order valence-electron chi connectivity index (χ4n) is 2.21.